The van der Waals surface area contributed by atoms with Crippen LogP contribution in [0.5, 0.6) is 0 Å². The number of carbonyl (C=O) groups is 1. The van der Waals surface area contributed by atoms with Gasteiger partial charge in [-0.2, -0.15) is 0 Å². The third-order valence-corrected chi connectivity index (χ3v) is 6.41. The zero-order valence-electron chi connectivity index (χ0n) is 16.2. The Labute approximate surface area is 160 Å². The van der Waals surface area contributed by atoms with Crippen molar-refractivity contribution < 1.29 is 13.2 Å². The summed E-state index contributed by atoms with van der Waals surface area (Å²) in [6.07, 6.45) is 2.67. The van der Waals surface area contributed by atoms with Crippen LogP contribution in [0.3, 0.4) is 0 Å². The number of hydrogen-bond acceptors (Lipinski definition) is 4. The van der Waals surface area contributed by atoms with E-state index in [0.717, 1.165) is 22.8 Å². The molecule has 0 spiro atoms. The number of piperidine rings is 1. The van der Waals surface area contributed by atoms with E-state index in [1.54, 1.807) is 0 Å². The molecule has 1 fully saturated rings. The molecule has 7 nitrogen and oxygen atoms in total. The second kappa shape index (κ2) is 7.44. The van der Waals surface area contributed by atoms with E-state index in [-0.39, 0.29) is 11.9 Å². The van der Waals surface area contributed by atoms with Gasteiger partial charge in [-0.15, -0.1) is 0 Å². The van der Waals surface area contributed by atoms with Crippen LogP contribution in [0.15, 0.2) is 24.3 Å². The van der Waals surface area contributed by atoms with E-state index >= 15 is 0 Å². The van der Waals surface area contributed by atoms with Crippen molar-refractivity contribution >= 4 is 21.6 Å². The van der Waals surface area contributed by atoms with Gasteiger partial charge in [0.05, 0.1) is 6.26 Å². The molecule has 1 amide bonds. The molecule has 2 heterocycles. The van der Waals surface area contributed by atoms with E-state index in [2.05, 4.69) is 14.9 Å². The Hall–Kier alpha value is -2.19. The number of hydrogen-bond donors (Lipinski definition) is 1. The number of rotatable bonds is 4. The van der Waals surface area contributed by atoms with Crippen molar-refractivity contribution in [3.05, 3.63) is 47.0 Å². The van der Waals surface area contributed by atoms with E-state index in [1.165, 1.54) is 10.6 Å². The van der Waals surface area contributed by atoms with E-state index < -0.39 is 10.0 Å². The first-order chi connectivity index (χ1) is 12.7. The molecule has 1 N–H and O–H groups in total. The Morgan fingerprint density at radius 2 is 1.70 bits per heavy atom. The Balaban J connectivity index is 1.77. The maximum Gasteiger partial charge on any atom is 0.276 e. The number of benzene rings is 1. The summed E-state index contributed by atoms with van der Waals surface area (Å²) in [6, 6.07) is 7.78. The molecule has 0 aliphatic carbocycles. The Morgan fingerprint density at radius 1 is 1.11 bits per heavy atom. The van der Waals surface area contributed by atoms with Gasteiger partial charge in [-0.1, -0.05) is 17.7 Å². The maximum absolute atomic E-state index is 12.7. The van der Waals surface area contributed by atoms with Crippen molar-refractivity contribution in [2.45, 2.75) is 39.7 Å². The molecule has 1 aromatic heterocycles. The van der Waals surface area contributed by atoms with Gasteiger partial charge in [0.15, 0.2) is 0 Å². The zero-order valence-corrected chi connectivity index (χ0v) is 17.0. The summed E-state index contributed by atoms with van der Waals surface area (Å²) < 4.78 is 27.0. The smallest absolute Gasteiger partial charge is 0.276 e. The molecule has 0 radical (unpaired) electrons. The van der Waals surface area contributed by atoms with Crippen molar-refractivity contribution in [3.63, 3.8) is 0 Å². The van der Waals surface area contributed by atoms with Gasteiger partial charge in [-0.3, -0.25) is 4.79 Å². The van der Waals surface area contributed by atoms with Gasteiger partial charge in [-0.05, 0) is 45.7 Å². The highest BCUT2D eigenvalue weighted by atomic mass is 32.2. The van der Waals surface area contributed by atoms with Crippen molar-refractivity contribution in [1.29, 1.82) is 0 Å². The second-order valence-corrected chi connectivity index (χ2v) is 9.16. The van der Waals surface area contributed by atoms with Crippen LogP contribution >= 0.6 is 0 Å². The molecule has 0 bridgehead atoms. The van der Waals surface area contributed by atoms with Crippen molar-refractivity contribution in [1.82, 2.24) is 13.9 Å². The van der Waals surface area contributed by atoms with Crippen LogP contribution in [-0.2, 0) is 10.0 Å². The number of sulfonamides is 1. The molecule has 1 aliphatic rings. The Kier molecular flexibility index (Phi) is 5.39. The quantitative estimate of drug-likeness (QED) is 0.870. The summed E-state index contributed by atoms with van der Waals surface area (Å²) in [5.41, 5.74) is 3.09. The SMILES string of the molecule is Cc1ccc(NC(=O)c2nc(C)n(C3CCN(S(C)(=O)=O)CC3)c2C)cc1. The molecule has 0 unspecified atom stereocenters. The number of carbonyl (C=O) groups excluding carboxylic acids is 1. The lowest BCUT2D eigenvalue weighted by molar-refractivity contribution is 0.102. The van der Waals surface area contributed by atoms with Crippen LogP contribution in [0, 0.1) is 20.8 Å². The van der Waals surface area contributed by atoms with Gasteiger partial charge in [0.1, 0.15) is 11.5 Å². The minimum atomic E-state index is -3.15. The normalized spacial score (nSPS) is 16.4. The van der Waals surface area contributed by atoms with E-state index in [4.69, 9.17) is 0 Å². The summed E-state index contributed by atoms with van der Waals surface area (Å²) in [4.78, 5) is 17.2. The van der Waals surface area contributed by atoms with E-state index in [9.17, 15) is 13.2 Å². The minimum Gasteiger partial charge on any atom is -0.329 e. The number of amides is 1. The van der Waals surface area contributed by atoms with Crippen LogP contribution in [0.25, 0.3) is 0 Å². The van der Waals surface area contributed by atoms with Gasteiger partial charge >= 0.3 is 0 Å². The number of nitrogens with zero attached hydrogens (tertiary/aromatic N) is 3. The first-order valence-electron chi connectivity index (χ1n) is 9.05. The number of nitrogens with one attached hydrogen (secondary N) is 1. The van der Waals surface area contributed by atoms with Crippen molar-refractivity contribution in [2.24, 2.45) is 0 Å². The van der Waals surface area contributed by atoms with Crippen LogP contribution in [0.4, 0.5) is 5.69 Å². The van der Waals surface area contributed by atoms with Crippen LogP contribution < -0.4 is 5.32 Å². The number of aromatic nitrogens is 2. The molecular weight excluding hydrogens is 364 g/mol. The highest BCUT2D eigenvalue weighted by molar-refractivity contribution is 7.88. The Morgan fingerprint density at radius 3 is 2.26 bits per heavy atom. The standard InChI is InChI=1S/C19H26N4O3S/c1-13-5-7-16(8-6-13)21-19(24)18-14(2)23(15(3)20-18)17-9-11-22(12-10-17)27(4,25)26/h5-8,17H,9-12H2,1-4H3,(H,21,24). The maximum atomic E-state index is 12.7. The van der Waals surface area contributed by atoms with Crippen molar-refractivity contribution in [2.75, 3.05) is 24.7 Å². The summed E-state index contributed by atoms with van der Waals surface area (Å²) in [6.45, 7) is 6.76. The fourth-order valence-electron chi connectivity index (χ4n) is 3.67. The van der Waals surface area contributed by atoms with Gasteiger partial charge in [-0.25, -0.2) is 17.7 Å². The largest absolute Gasteiger partial charge is 0.329 e. The third-order valence-electron chi connectivity index (χ3n) is 5.11. The van der Waals surface area contributed by atoms with Crippen molar-refractivity contribution in [3.8, 4) is 0 Å². The average molecular weight is 391 g/mol. The lowest BCUT2D eigenvalue weighted by Crippen LogP contribution is -2.38. The fraction of sp³-hybridized carbons (Fsp3) is 0.474. The minimum absolute atomic E-state index is 0.149. The molecule has 0 saturated carbocycles. The highest BCUT2D eigenvalue weighted by Crippen LogP contribution is 2.28. The lowest BCUT2D eigenvalue weighted by Gasteiger charge is -2.32. The summed E-state index contributed by atoms with van der Waals surface area (Å²) in [7, 11) is -3.15. The molecule has 2 aromatic rings. The highest BCUT2D eigenvalue weighted by Gasteiger charge is 2.29. The summed E-state index contributed by atoms with van der Waals surface area (Å²) in [5.74, 6) is 0.547. The molecule has 1 aromatic carbocycles. The number of imidazole rings is 1. The molecule has 27 heavy (non-hydrogen) atoms. The first kappa shape index (κ1) is 19.6. The molecule has 3 rings (SSSR count). The van der Waals surface area contributed by atoms with Gasteiger partial charge in [0, 0.05) is 30.5 Å². The van der Waals surface area contributed by atoms with Crippen LogP contribution in [0.2, 0.25) is 0 Å². The second-order valence-electron chi connectivity index (χ2n) is 7.18. The topological polar surface area (TPSA) is 84.3 Å². The number of anilines is 1. The molecule has 0 atom stereocenters. The van der Waals surface area contributed by atoms with E-state index in [1.807, 2.05) is 45.0 Å². The Bertz CT molecular complexity index is 940. The molecule has 1 saturated heterocycles. The third kappa shape index (κ3) is 4.22. The monoisotopic (exact) mass is 390 g/mol. The van der Waals surface area contributed by atoms with Crippen LogP contribution in [0.1, 0.15) is 46.5 Å². The fourth-order valence-corrected chi connectivity index (χ4v) is 4.54. The summed E-state index contributed by atoms with van der Waals surface area (Å²) in [5, 5.41) is 2.89. The number of aryl methyl sites for hydroxylation is 2. The molecule has 146 valence electrons. The van der Waals surface area contributed by atoms with Gasteiger partial charge < -0.3 is 9.88 Å². The van der Waals surface area contributed by atoms with Crippen LogP contribution in [-0.4, -0.2) is 47.5 Å². The van der Waals surface area contributed by atoms with Gasteiger partial charge in [0.25, 0.3) is 5.91 Å². The first-order valence-corrected chi connectivity index (χ1v) is 10.9. The predicted molar refractivity (Wildman–Crippen MR) is 106 cm³/mol. The summed E-state index contributed by atoms with van der Waals surface area (Å²) >= 11 is 0. The van der Waals surface area contributed by atoms with Gasteiger partial charge in [0.2, 0.25) is 10.0 Å². The predicted octanol–water partition coefficient (Wildman–Crippen LogP) is 2.66. The zero-order chi connectivity index (χ0) is 19.8. The molecular formula is C19H26N4O3S. The van der Waals surface area contributed by atoms with E-state index in [0.29, 0.717) is 31.6 Å². The lowest BCUT2D eigenvalue weighted by atomic mass is 10.1. The molecule has 8 heteroatoms. The molecule has 1 aliphatic heterocycles. The average Bonchev–Trinajstić information content (AvgIpc) is 2.91.